The second kappa shape index (κ2) is 8.63. The van der Waals surface area contributed by atoms with Gasteiger partial charge in [-0.1, -0.05) is 42.1 Å². The monoisotopic (exact) mass is 393 g/mol. The van der Waals surface area contributed by atoms with Crippen LogP contribution >= 0.6 is 11.8 Å². The van der Waals surface area contributed by atoms with E-state index in [1.165, 1.54) is 11.8 Å². The Kier molecular flexibility index (Phi) is 6.02. The highest BCUT2D eigenvalue weighted by atomic mass is 32.2. The number of aryl methyl sites for hydroxylation is 1. The third kappa shape index (κ3) is 4.02. The molecule has 0 aliphatic rings. The molecule has 1 aromatic heterocycles. The summed E-state index contributed by atoms with van der Waals surface area (Å²) in [5.74, 6) is 1.09. The average molecular weight is 393 g/mol. The topological polar surface area (TPSA) is 88.0 Å². The van der Waals surface area contributed by atoms with Crippen molar-refractivity contribution in [3.05, 3.63) is 69.5 Å². The van der Waals surface area contributed by atoms with E-state index in [9.17, 15) is 10.1 Å². The van der Waals surface area contributed by atoms with Crippen LogP contribution in [0.3, 0.4) is 0 Å². The molecule has 0 bridgehead atoms. The molecular weight excluding hydrogens is 374 g/mol. The van der Waals surface area contributed by atoms with Crippen LogP contribution in [0, 0.1) is 18.3 Å². The number of methoxy groups -OCH3 is 1. The van der Waals surface area contributed by atoms with Crippen LogP contribution in [0.2, 0.25) is 0 Å². The highest BCUT2D eigenvalue weighted by Gasteiger charge is 2.18. The van der Waals surface area contributed by atoms with Gasteiger partial charge in [-0.2, -0.15) is 5.26 Å². The Hall–Kier alpha value is -3.24. The second-order valence-electron chi connectivity index (χ2n) is 6.00. The van der Waals surface area contributed by atoms with E-state index in [-0.39, 0.29) is 5.56 Å². The maximum atomic E-state index is 12.3. The van der Waals surface area contributed by atoms with Crippen molar-refractivity contribution in [3.8, 4) is 28.8 Å². The van der Waals surface area contributed by atoms with Crippen LogP contribution in [-0.2, 0) is 6.61 Å². The molecule has 0 atom stereocenters. The van der Waals surface area contributed by atoms with Gasteiger partial charge in [0, 0.05) is 5.56 Å². The molecule has 142 valence electrons. The van der Waals surface area contributed by atoms with Crippen molar-refractivity contribution in [1.82, 2.24) is 9.97 Å². The van der Waals surface area contributed by atoms with E-state index < -0.39 is 5.56 Å². The number of ether oxygens (including phenoxy) is 2. The molecular formula is C21H19N3O3S. The minimum absolute atomic E-state index is 0.0277. The van der Waals surface area contributed by atoms with Crippen molar-refractivity contribution >= 4 is 11.8 Å². The first-order valence-electron chi connectivity index (χ1n) is 8.51. The van der Waals surface area contributed by atoms with Gasteiger partial charge in [0.1, 0.15) is 18.2 Å². The van der Waals surface area contributed by atoms with Gasteiger partial charge >= 0.3 is 0 Å². The normalized spacial score (nSPS) is 10.4. The first-order chi connectivity index (χ1) is 13.6. The zero-order valence-electron chi connectivity index (χ0n) is 15.8. The minimum Gasteiger partial charge on any atom is -0.493 e. The van der Waals surface area contributed by atoms with Crippen LogP contribution in [0.25, 0.3) is 11.3 Å². The number of rotatable bonds is 6. The summed E-state index contributed by atoms with van der Waals surface area (Å²) >= 11 is 1.30. The number of hydrogen-bond acceptors (Lipinski definition) is 6. The summed E-state index contributed by atoms with van der Waals surface area (Å²) in [5.41, 5.74) is 2.34. The lowest BCUT2D eigenvalue weighted by molar-refractivity contribution is 0.284. The Labute approximate surface area is 167 Å². The molecule has 2 aromatic carbocycles. The van der Waals surface area contributed by atoms with Crippen molar-refractivity contribution in [2.24, 2.45) is 0 Å². The van der Waals surface area contributed by atoms with E-state index in [0.29, 0.717) is 34.5 Å². The maximum absolute atomic E-state index is 12.3. The van der Waals surface area contributed by atoms with Crippen molar-refractivity contribution in [3.63, 3.8) is 0 Å². The Balaban J connectivity index is 2.09. The predicted octanol–water partition coefficient (Wildman–Crippen LogP) is 3.93. The van der Waals surface area contributed by atoms with Gasteiger partial charge in [-0.3, -0.25) is 4.79 Å². The number of hydrogen-bond donors (Lipinski definition) is 1. The van der Waals surface area contributed by atoms with E-state index in [2.05, 4.69) is 9.97 Å². The maximum Gasteiger partial charge on any atom is 0.270 e. The van der Waals surface area contributed by atoms with Crippen LogP contribution in [-0.4, -0.2) is 23.3 Å². The summed E-state index contributed by atoms with van der Waals surface area (Å²) in [7, 11) is 1.57. The van der Waals surface area contributed by atoms with Gasteiger partial charge in [0.2, 0.25) is 0 Å². The number of nitrogens with zero attached hydrogens (tertiary/aromatic N) is 2. The molecule has 0 aliphatic heterocycles. The summed E-state index contributed by atoms with van der Waals surface area (Å²) in [6, 6.07) is 15.3. The van der Waals surface area contributed by atoms with Gasteiger partial charge < -0.3 is 14.5 Å². The van der Waals surface area contributed by atoms with Crippen LogP contribution in [0.1, 0.15) is 16.7 Å². The lowest BCUT2D eigenvalue weighted by atomic mass is 10.0. The van der Waals surface area contributed by atoms with Crippen molar-refractivity contribution in [2.75, 3.05) is 13.4 Å². The predicted molar refractivity (Wildman–Crippen MR) is 109 cm³/mol. The van der Waals surface area contributed by atoms with Gasteiger partial charge in [-0.25, -0.2) is 4.98 Å². The summed E-state index contributed by atoms with van der Waals surface area (Å²) in [6.45, 7) is 2.24. The standard InChI is InChI=1S/C21H19N3O3S/c1-13-9-17(26-2)18(27-12-14-7-5-4-6-8-14)10-15(13)19-16(11-22)20(25)24-21(23-19)28-3/h4-10H,12H2,1-3H3,(H,23,24,25). The molecule has 0 aliphatic carbocycles. The van der Waals surface area contributed by atoms with E-state index in [0.717, 1.165) is 11.1 Å². The number of benzene rings is 2. The highest BCUT2D eigenvalue weighted by molar-refractivity contribution is 7.98. The van der Waals surface area contributed by atoms with Crippen LogP contribution in [0.4, 0.5) is 0 Å². The van der Waals surface area contributed by atoms with E-state index in [4.69, 9.17) is 9.47 Å². The van der Waals surface area contributed by atoms with Crippen LogP contribution in [0.5, 0.6) is 11.5 Å². The molecule has 0 unspecified atom stereocenters. The lowest BCUT2D eigenvalue weighted by Crippen LogP contribution is -2.15. The largest absolute Gasteiger partial charge is 0.493 e. The van der Waals surface area contributed by atoms with Crippen molar-refractivity contribution < 1.29 is 9.47 Å². The van der Waals surface area contributed by atoms with Gasteiger partial charge in [0.25, 0.3) is 5.56 Å². The van der Waals surface area contributed by atoms with Crippen LogP contribution in [0.15, 0.2) is 52.4 Å². The fraction of sp³-hybridized carbons (Fsp3) is 0.190. The molecule has 0 saturated carbocycles. The Morgan fingerprint density at radius 2 is 1.96 bits per heavy atom. The van der Waals surface area contributed by atoms with Gasteiger partial charge in [0.05, 0.1) is 12.8 Å². The number of aromatic amines is 1. The number of H-pyrrole nitrogens is 1. The Morgan fingerprint density at radius 3 is 2.61 bits per heavy atom. The summed E-state index contributed by atoms with van der Waals surface area (Å²) in [4.78, 5) is 19.3. The molecule has 3 aromatic rings. The third-order valence-electron chi connectivity index (χ3n) is 4.21. The first kappa shape index (κ1) is 19.5. The van der Waals surface area contributed by atoms with Gasteiger partial charge in [-0.05, 0) is 36.4 Å². The fourth-order valence-corrected chi connectivity index (χ4v) is 3.15. The number of nitrogens with one attached hydrogen (secondary N) is 1. The SMILES string of the molecule is COc1cc(C)c(-c2nc(SC)[nH]c(=O)c2C#N)cc1OCc1ccccc1. The zero-order valence-corrected chi connectivity index (χ0v) is 16.6. The molecule has 0 saturated heterocycles. The number of aromatic nitrogens is 2. The van der Waals surface area contributed by atoms with E-state index >= 15 is 0 Å². The Morgan fingerprint density at radius 1 is 1.21 bits per heavy atom. The minimum atomic E-state index is -0.459. The molecule has 7 heteroatoms. The second-order valence-corrected chi connectivity index (χ2v) is 6.80. The highest BCUT2D eigenvalue weighted by Crippen LogP contribution is 2.36. The summed E-state index contributed by atoms with van der Waals surface area (Å²) < 4.78 is 11.4. The van der Waals surface area contributed by atoms with Crippen LogP contribution < -0.4 is 15.0 Å². The van der Waals surface area contributed by atoms with E-state index in [1.807, 2.05) is 55.6 Å². The third-order valence-corrected chi connectivity index (χ3v) is 4.79. The zero-order chi connectivity index (χ0) is 20.1. The molecule has 1 N–H and O–H groups in total. The number of nitriles is 1. The van der Waals surface area contributed by atoms with Crippen molar-refractivity contribution in [1.29, 1.82) is 5.26 Å². The fourth-order valence-electron chi connectivity index (χ4n) is 2.77. The smallest absolute Gasteiger partial charge is 0.270 e. The first-order valence-corrected chi connectivity index (χ1v) is 9.74. The molecule has 0 spiro atoms. The quantitative estimate of drug-likeness (QED) is 0.504. The molecule has 6 nitrogen and oxygen atoms in total. The van der Waals surface area contributed by atoms with Gasteiger partial charge in [0.15, 0.2) is 16.7 Å². The molecule has 1 heterocycles. The Bertz CT molecular complexity index is 1090. The summed E-state index contributed by atoms with van der Waals surface area (Å²) in [5, 5.41) is 9.91. The molecule has 0 radical (unpaired) electrons. The molecule has 0 amide bonds. The molecule has 0 fully saturated rings. The van der Waals surface area contributed by atoms with Gasteiger partial charge in [-0.15, -0.1) is 0 Å². The molecule has 28 heavy (non-hydrogen) atoms. The lowest BCUT2D eigenvalue weighted by Gasteiger charge is -2.15. The van der Waals surface area contributed by atoms with E-state index in [1.54, 1.807) is 13.2 Å². The number of thioether (sulfide) groups is 1. The van der Waals surface area contributed by atoms with Crippen molar-refractivity contribution in [2.45, 2.75) is 18.7 Å². The average Bonchev–Trinajstić information content (AvgIpc) is 2.72. The molecule has 3 rings (SSSR count). The summed E-state index contributed by atoms with van der Waals surface area (Å²) in [6.07, 6.45) is 1.81.